The van der Waals surface area contributed by atoms with Crippen molar-refractivity contribution in [2.45, 2.75) is 32.7 Å². The van der Waals surface area contributed by atoms with Crippen LogP contribution in [0.2, 0.25) is 0 Å². The zero-order valence-corrected chi connectivity index (χ0v) is 10.5. The molecule has 0 radical (unpaired) electrons. The number of nitrogens with one attached hydrogen (secondary N) is 2. The Morgan fingerprint density at radius 2 is 2.41 bits per heavy atom. The molecule has 1 aliphatic rings. The highest BCUT2D eigenvalue weighted by Gasteiger charge is 2.15. The number of ether oxygens (including phenoxy) is 1. The molecule has 94 valence electrons. The summed E-state index contributed by atoms with van der Waals surface area (Å²) < 4.78 is 5.45. The fourth-order valence-electron chi connectivity index (χ4n) is 1.88. The molecule has 1 aromatic rings. The fraction of sp³-hybridized carbons (Fsp3) is 0.667. The number of anilines is 2. The van der Waals surface area contributed by atoms with E-state index in [1.165, 1.54) is 0 Å². The van der Waals surface area contributed by atoms with Crippen LogP contribution in [0.4, 0.5) is 11.8 Å². The zero-order valence-electron chi connectivity index (χ0n) is 10.5. The number of nitrogens with zero attached hydrogens (tertiary/aromatic N) is 2. The Labute approximate surface area is 102 Å². The predicted molar refractivity (Wildman–Crippen MR) is 68.4 cm³/mol. The molecule has 0 amide bonds. The van der Waals surface area contributed by atoms with Crippen LogP contribution in [0.1, 0.15) is 25.3 Å². The summed E-state index contributed by atoms with van der Waals surface area (Å²) in [6.45, 7) is 6.52. The van der Waals surface area contributed by atoms with Crippen molar-refractivity contribution in [2.24, 2.45) is 0 Å². The lowest BCUT2D eigenvalue weighted by atomic mass is 10.1. The molecule has 0 bridgehead atoms. The summed E-state index contributed by atoms with van der Waals surface area (Å²) >= 11 is 0. The molecule has 1 saturated heterocycles. The van der Waals surface area contributed by atoms with Crippen LogP contribution in [0.3, 0.4) is 0 Å². The van der Waals surface area contributed by atoms with Gasteiger partial charge in [-0.15, -0.1) is 0 Å². The Kier molecular flexibility index (Phi) is 4.14. The van der Waals surface area contributed by atoms with Gasteiger partial charge in [0.25, 0.3) is 0 Å². The molecular formula is C12H20N4O. The second-order valence-electron chi connectivity index (χ2n) is 4.31. The normalized spacial score (nSPS) is 20.0. The lowest BCUT2D eigenvalue weighted by Crippen LogP contribution is -2.30. The first-order chi connectivity index (χ1) is 8.29. The van der Waals surface area contributed by atoms with Crippen molar-refractivity contribution in [3.63, 3.8) is 0 Å². The summed E-state index contributed by atoms with van der Waals surface area (Å²) in [5, 5.41) is 6.55. The molecule has 17 heavy (non-hydrogen) atoms. The third-order valence-corrected chi connectivity index (χ3v) is 2.81. The number of hydrogen-bond acceptors (Lipinski definition) is 5. The third-order valence-electron chi connectivity index (χ3n) is 2.81. The van der Waals surface area contributed by atoms with Gasteiger partial charge in [0.2, 0.25) is 5.95 Å². The van der Waals surface area contributed by atoms with Gasteiger partial charge in [0.05, 0.1) is 12.6 Å². The van der Waals surface area contributed by atoms with Gasteiger partial charge in [-0.25, -0.2) is 4.98 Å². The van der Waals surface area contributed by atoms with Gasteiger partial charge >= 0.3 is 0 Å². The molecule has 1 atom stereocenters. The Bertz CT molecular complexity index is 364. The van der Waals surface area contributed by atoms with Gasteiger partial charge in [-0.05, 0) is 26.7 Å². The second kappa shape index (κ2) is 5.82. The molecular weight excluding hydrogens is 216 g/mol. The maximum atomic E-state index is 5.45. The van der Waals surface area contributed by atoms with Crippen LogP contribution in [0, 0.1) is 6.92 Å². The molecule has 5 nitrogen and oxygen atoms in total. The minimum Gasteiger partial charge on any atom is -0.379 e. The molecule has 0 aliphatic carbocycles. The Balaban J connectivity index is 2.04. The molecule has 1 fully saturated rings. The largest absolute Gasteiger partial charge is 0.379 e. The van der Waals surface area contributed by atoms with E-state index in [1.54, 1.807) is 0 Å². The van der Waals surface area contributed by atoms with Gasteiger partial charge in [0.1, 0.15) is 5.82 Å². The first-order valence-electron chi connectivity index (χ1n) is 6.21. The number of hydrogen-bond donors (Lipinski definition) is 2. The topological polar surface area (TPSA) is 59.1 Å². The zero-order chi connectivity index (χ0) is 12.1. The second-order valence-corrected chi connectivity index (χ2v) is 4.31. The average molecular weight is 236 g/mol. The Morgan fingerprint density at radius 3 is 3.12 bits per heavy atom. The first-order valence-corrected chi connectivity index (χ1v) is 6.21. The van der Waals surface area contributed by atoms with E-state index >= 15 is 0 Å². The van der Waals surface area contributed by atoms with Crippen molar-refractivity contribution >= 4 is 11.8 Å². The van der Waals surface area contributed by atoms with Gasteiger partial charge < -0.3 is 15.4 Å². The molecule has 2 heterocycles. The molecule has 0 aromatic carbocycles. The quantitative estimate of drug-likeness (QED) is 0.835. The van der Waals surface area contributed by atoms with Crippen LogP contribution in [0.15, 0.2) is 6.20 Å². The van der Waals surface area contributed by atoms with Crippen molar-refractivity contribution in [1.29, 1.82) is 0 Å². The summed E-state index contributed by atoms with van der Waals surface area (Å²) in [5.74, 6) is 1.59. The van der Waals surface area contributed by atoms with Crippen LogP contribution in [-0.4, -0.2) is 35.8 Å². The summed E-state index contributed by atoms with van der Waals surface area (Å²) in [7, 11) is 0. The van der Waals surface area contributed by atoms with Crippen LogP contribution >= 0.6 is 0 Å². The smallest absolute Gasteiger partial charge is 0.224 e. The van der Waals surface area contributed by atoms with Crippen molar-refractivity contribution in [1.82, 2.24) is 9.97 Å². The molecule has 5 heteroatoms. The van der Waals surface area contributed by atoms with Crippen molar-refractivity contribution in [3.8, 4) is 0 Å². The van der Waals surface area contributed by atoms with E-state index in [1.807, 2.05) is 20.0 Å². The minimum atomic E-state index is 0.367. The maximum absolute atomic E-state index is 5.45. The van der Waals surface area contributed by atoms with Crippen molar-refractivity contribution < 1.29 is 4.74 Å². The van der Waals surface area contributed by atoms with E-state index in [0.29, 0.717) is 12.0 Å². The lowest BCUT2D eigenvalue weighted by Gasteiger charge is -2.24. The van der Waals surface area contributed by atoms with E-state index in [-0.39, 0.29) is 0 Å². The molecule has 1 unspecified atom stereocenters. The highest BCUT2D eigenvalue weighted by atomic mass is 16.5. The molecule has 2 N–H and O–H groups in total. The number of aromatic nitrogens is 2. The first kappa shape index (κ1) is 12.1. The highest BCUT2D eigenvalue weighted by molar-refractivity contribution is 5.47. The summed E-state index contributed by atoms with van der Waals surface area (Å²) in [5.41, 5.74) is 1.07. The van der Waals surface area contributed by atoms with Crippen molar-refractivity contribution in [3.05, 3.63) is 11.8 Å². The van der Waals surface area contributed by atoms with Gasteiger partial charge in [-0.3, -0.25) is 0 Å². The van der Waals surface area contributed by atoms with Crippen LogP contribution in [0.5, 0.6) is 0 Å². The van der Waals surface area contributed by atoms with E-state index in [4.69, 9.17) is 4.74 Å². The molecule has 2 rings (SSSR count). The van der Waals surface area contributed by atoms with Crippen LogP contribution < -0.4 is 10.6 Å². The van der Waals surface area contributed by atoms with E-state index in [9.17, 15) is 0 Å². The molecule has 1 aliphatic heterocycles. The van der Waals surface area contributed by atoms with Gasteiger partial charge in [0.15, 0.2) is 0 Å². The standard InChI is InChI=1S/C12H20N4O/c1-3-13-12-14-7-9(2)11(16-12)15-10-5-4-6-17-8-10/h7,10H,3-6,8H2,1-2H3,(H2,13,14,15,16). The molecule has 1 aromatic heterocycles. The predicted octanol–water partition coefficient (Wildman–Crippen LogP) is 1.81. The monoisotopic (exact) mass is 236 g/mol. The molecule has 0 spiro atoms. The highest BCUT2D eigenvalue weighted by Crippen LogP contribution is 2.17. The van der Waals surface area contributed by atoms with Gasteiger partial charge in [-0.1, -0.05) is 0 Å². The summed E-state index contributed by atoms with van der Waals surface area (Å²) in [6.07, 6.45) is 4.10. The Morgan fingerprint density at radius 1 is 1.53 bits per heavy atom. The summed E-state index contributed by atoms with van der Waals surface area (Å²) in [6, 6.07) is 0.367. The number of rotatable bonds is 4. The fourth-order valence-corrected chi connectivity index (χ4v) is 1.88. The van der Waals surface area contributed by atoms with E-state index < -0.39 is 0 Å². The van der Waals surface area contributed by atoms with E-state index in [2.05, 4.69) is 20.6 Å². The summed E-state index contributed by atoms with van der Waals surface area (Å²) in [4.78, 5) is 8.70. The SMILES string of the molecule is CCNc1ncc(C)c(NC2CCCOC2)n1. The average Bonchev–Trinajstić information content (AvgIpc) is 2.35. The van der Waals surface area contributed by atoms with Crippen LogP contribution in [0.25, 0.3) is 0 Å². The Hall–Kier alpha value is -1.36. The van der Waals surface area contributed by atoms with Crippen molar-refractivity contribution in [2.75, 3.05) is 30.4 Å². The lowest BCUT2D eigenvalue weighted by molar-refractivity contribution is 0.0875. The third kappa shape index (κ3) is 3.30. The number of aryl methyl sites for hydroxylation is 1. The van der Waals surface area contributed by atoms with Gasteiger partial charge in [-0.2, -0.15) is 4.98 Å². The molecule has 0 saturated carbocycles. The van der Waals surface area contributed by atoms with Gasteiger partial charge in [0, 0.05) is 24.9 Å². The van der Waals surface area contributed by atoms with Crippen LogP contribution in [-0.2, 0) is 4.74 Å². The maximum Gasteiger partial charge on any atom is 0.224 e. The van der Waals surface area contributed by atoms with E-state index in [0.717, 1.165) is 44.0 Å². The minimum absolute atomic E-state index is 0.367.